The molecule has 8 nitrogen and oxygen atoms in total. The number of aliphatic imine (C=N–C) groups is 1. The van der Waals surface area contributed by atoms with Crippen LogP contribution in [-0.2, 0) is 9.53 Å². The SMILES string of the molecule is CC(=N/C=C(\C)C(=O)NCC1CCOCC1)n1[nH]cc(-c2ccnc(C)c2)c1=O. The van der Waals surface area contributed by atoms with Gasteiger partial charge in [-0.05, 0) is 57.2 Å². The Balaban J connectivity index is 1.67. The van der Waals surface area contributed by atoms with E-state index in [-0.39, 0.29) is 11.5 Å². The number of amides is 1. The zero-order valence-corrected chi connectivity index (χ0v) is 17.1. The Bertz CT molecular complexity index is 980. The number of H-pyrrole nitrogens is 1. The molecular formula is C21H27N5O3. The first-order chi connectivity index (χ1) is 14.0. The molecule has 1 aliphatic rings. The number of ether oxygens (including phenoxy) is 1. The Morgan fingerprint density at radius 3 is 2.90 bits per heavy atom. The molecule has 2 aromatic heterocycles. The Morgan fingerprint density at radius 2 is 2.17 bits per heavy atom. The number of carbonyl (C=O) groups excluding carboxylic acids is 1. The molecule has 1 saturated heterocycles. The number of aromatic amines is 1. The summed E-state index contributed by atoms with van der Waals surface area (Å²) in [6, 6.07) is 3.65. The summed E-state index contributed by atoms with van der Waals surface area (Å²) in [7, 11) is 0. The normalized spacial score (nSPS) is 16.1. The van der Waals surface area contributed by atoms with Gasteiger partial charge >= 0.3 is 0 Å². The maximum absolute atomic E-state index is 12.7. The molecular weight excluding hydrogens is 370 g/mol. The van der Waals surface area contributed by atoms with Gasteiger partial charge in [-0.3, -0.25) is 19.7 Å². The van der Waals surface area contributed by atoms with Gasteiger partial charge in [0.25, 0.3) is 5.56 Å². The van der Waals surface area contributed by atoms with Gasteiger partial charge in [0.1, 0.15) is 5.84 Å². The number of nitrogens with one attached hydrogen (secondary N) is 2. The first-order valence-corrected chi connectivity index (χ1v) is 9.76. The molecule has 0 unspecified atom stereocenters. The number of hydrogen-bond acceptors (Lipinski definition) is 5. The van der Waals surface area contributed by atoms with Gasteiger partial charge in [0, 0.05) is 49.6 Å². The number of nitrogens with zero attached hydrogens (tertiary/aromatic N) is 3. The summed E-state index contributed by atoms with van der Waals surface area (Å²) in [5.74, 6) is 0.752. The summed E-state index contributed by atoms with van der Waals surface area (Å²) in [6.45, 7) is 7.44. The lowest BCUT2D eigenvalue weighted by molar-refractivity contribution is -0.117. The van der Waals surface area contributed by atoms with E-state index in [0.717, 1.165) is 37.3 Å². The summed E-state index contributed by atoms with van der Waals surface area (Å²) < 4.78 is 6.69. The van der Waals surface area contributed by atoms with Crippen LogP contribution in [0.4, 0.5) is 0 Å². The van der Waals surface area contributed by atoms with E-state index in [4.69, 9.17) is 4.74 Å². The van der Waals surface area contributed by atoms with Gasteiger partial charge < -0.3 is 10.1 Å². The van der Waals surface area contributed by atoms with Gasteiger partial charge in [0.05, 0.1) is 5.56 Å². The summed E-state index contributed by atoms with van der Waals surface area (Å²) in [5.41, 5.74) is 2.46. The van der Waals surface area contributed by atoms with E-state index in [1.807, 2.05) is 13.0 Å². The maximum Gasteiger partial charge on any atom is 0.280 e. The average Bonchev–Trinajstić information content (AvgIpc) is 3.12. The van der Waals surface area contributed by atoms with Crippen LogP contribution in [0.15, 0.2) is 46.1 Å². The molecule has 0 bridgehead atoms. The van der Waals surface area contributed by atoms with Crippen molar-refractivity contribution in [1.29, 1.82) is 0 Å². The highest BCUT2D eigenvalue weighted by Crippen LogP contribution is 2.15. The van der Waals surface area contributed by atoms with Gasteiger partial charge in [-0.2, -0.15) is 0 Å². The maximum atomic E-state index is 12.7. The number of aromatic nitrogens is 3. The minimum atomic E-state index is -0.202. The number of carbonyl (C=O) groups is 1. The van der Waals surface area contributed by atoms with Crippen molar-refractivity contribution in [3.05, 3.63) is 52.3 Å². The molecule has 0 aromatic carbocycles. The zero-order chi connectivity index (χ0) is 20.8. The predicted octanol–water partition coefficient (Wildman–Crippen LogP) is 2.26. The molecule has 8 heteroatoms. The quantitative estimate of drug-likeness (QED) is 0.459. The van der Waals surface area contributed by atoms with E-state index in [1.54, 1.807) is 32.3 Å². The Morgan fingerprint density at radius 1 is 1.41 bits per heavy atom. The molecule has 0 radical (unpaired) electrons. The largest absolute Gasteiger partial charge is 0.381 e. The smallest absolute Gasteiger partial charge is 0.280 e. The monoisotopic (exact) mass is 397 g/mol. The van der Waals surface area contributed by atoms with Gasteiger partial charge in [-0.15, -0.1) is 0 Å². The lowest BCUT2D eigenvalue weighted by Crippen LogP contribution is -2.32. The number of pyridine rings is 1. The zero-order valence-electron chi connectivity index (χ0n) is 17.1. The van der Waals surface area contributed by atoms with E-state index < -0.39 is 0 Å². The van der Waals surface area contributed by atoms with Gasteiger partial charge in [-0.1, -0.05) is 0 Å². The van der Waals surface area contributed by atoms with Crippen molar-refractivity contribution in [2.45, 2.75) is 33.6 Å². The van der Waals surface area contributed by atoms with Crippen molar-refractivity contribution in [2.24, 2.45) is 10.9 Å². The van der Waals surface area contributed by atoms with Crippen LogP contribution in [0, 0.1) is 12.8 Å². The highest BCUT2D eigenvalue weighted by molar-refractivity contribution is 5.93. The molecule has 0 atom stereocenters. The highest BCUT2D eigenvalue weighted by atomic mass is 16.5. The summed E-state index contributed by atoms with van der Waals surface area (Å²) in [5, 5.41) is 5.87. The fraction of sp³-hybridized carbons (Fsp3) is 0.429. The molecule has 1 fully saturated rings. The molecule has 0 saturated carbocycles. The van der Waals surface area contributed by atoms with Gasteiger partial charge in [-0.25, -0.2) is 9.67 Å². The first-order valence-electron chi connectivity index (χ1n) is 9.76. The van der Waals surface area contributed by atoms with E-state index >= 15 is 0 Å². The van der Waals surface area contributed by atoms with Gasteiger partial charge in [0.15, 0.2) is 0 Å². The highest BCUT2D eigenvalue weighted by Gasteiger charge is 2.15. The minimum absolute atomic E-state index is 0.153. The Hall–Kier alpha value is -3.00. The van der Waals surface area contributed by atoms with Crippen LogP contribution >= 0.6 is 0 Å². The summed E-state index contributed by atoms with van der Waals surface area (Å²) in [6.07, 6.45) is 6.74. The van der Waals surface area contributed by atoms with Gasteiger partial charge in [0.2, 0.25) is 5.91 Å². The molecule has 29 heavy (non-hydrogen) atoms. The molecule has 154 valence electrons. The number of rotatable bonds is 5. The second kappa shape index (κ2) is 9.47. The Kier molecular flexibility index (Phi) is 6.77. The second-order valence-electron chi connectivity index (χ2n) is 7.27. The molecule has 3 heterocycles. The van der Waals surface area contributed by atoms with E-state index in [2.05, 4.69) is 20.4 Å². The standard InChI is InChI=1S/C21H27N5O3/c1-14(20(27)24-12-17-5-8-29-9-6-17)11-23-16(3)26-21(28)19(13-25-26)18-4-7-22-15(2)10-18/h4,7,10-11,13,17,25H,5-6,8-9,12H2,1-3H3,(H,24,27)/b14-11+,23-16?. The molecule has 2 N–H and O–H groups in total. The van der Waals surface area contributed by atoms with Crippen LogP contribution in [0.2, 0.25) is 0 Å². The van der Waals surface area contributed by atoms with Crippen LogP contribution in [-0.4, -0.2) is 46.3 Å². The molecule has 0 aliphatic carbocycles. The fourth-order valence-corrected chi connectivity index (χ4v) is 3.16. The summed E-state index contributed by atoms with van der Waals surface area (Å²) in [4.78, 5) is 33.4. The van der Waals surface area contributed by atoms with E-state index in [0.29, 0.717) is 29.4 Å². The fourth-order valence-electron chi connectivity index (χ4n) is 3.16. The van der Waals surface area contributed by atoms with Crippen molar-refractivity contribution >= 4 is 11.7 Å². The Labute approximate surface area is 169 Å². The van der Waals surface area contributed by atoms with Crippen molar-refractivity contribution in [1.82, 2.24) is 20.1 Å². The predicted molar refractivity (Wildman–Crippen MR) is 112 cm³/mol. The third-order valence-corrected chi connectivity index (χ3v) is 5.00. The second-order valence-corrected chi connectivity index (χ2v) is 7.27. The first kappa shape index (κ1) is 20.7. The van der Waals surface area contributed by atoms with Crippen molar-refractivity contribution in [2.75, 3.05) is 19.8 Å². The lowest BCUT2D eigenvalue weighted by Gasteiger charge is -2.22. The summed E-state index contributed by atoms with van der Waals surface area (Å²) >= 11 is 0. The van der Waals surface area contributed by atoms with Crippen LogP contribution in [0.25, 0.3) is 11.1 Å². The van der Waals surface area contributed by atoms with E-state index in [1.165, 1.54) is 10.9 Å². The third-order valence-electron chi connectivity index (χ3n) is 5.00. The topological polar surface area (TPSA) is 101 Å². The van der Waals surface area contributed by atoms with Crippen LogP contribution < -0.4 is 10.9 Å². The van der Waals surface area contributed by atoms with Crippen LogP contribution in [0.5, 0.6) is 0 Å². The number of aryl methyl sites for hydroxylation is 1. The molecule has 0 spiro atoms. The average molecular weight is 397 g/mol. The van der Waals surface area contributed by atoms with Crippen molar-refractivity contribution in [3.63, 3.8) is 0 Å². The third kappa shape index (κ3) is 5.29. The molecule has 2 aromatic rings. The number of hydrogen-bond donors (Lipinski definition) is 2. The van der Waals surface area contributed by atoms with Crippen LogP contribution in [0.3, 0.4) is 0 Å². The van der Waals surface area contributed by atoms with Crippen LogP contribution in [0.1, 0.15) is 32.4 Å². The lowest BCUT2D eigenvalue weighted by atomic mass is 10.0. The minimum Gasteiger partial charge on any atom is -0.381 e. The molecule has 3 rings (SSSR count). The van der Waals surface area contributed by atoms with Crippen molar-refractivity contribution in [3.8, 4) is 11.1 Å². The molecule has 1 amide bonds. The van der Waals surface area contributed by atoms with Crippen molar-refractivity contribution < 1.29 is 9.53 Å². The van der Waals surface area contributed by atoms with E-state index in [9.17, 15) is 9.59 Å². The molecule has 1 aliphatic heterocycles.